The molecule has 3 nitrogen and oxygen atoms in total. The molecule has 0 aliphatic carbocycles. The van der Waals surface area contributed by atoms with Gasteiger partial charge in [-0.1, -0.05) is 20.8 Å². The van der Waals surface area contributed by atoms with Gasteiger partial charge in [-0.15, -0.1) is 0 Å². The Morgan fingerprint density at radius 3 is 2.58 bits per heavy atom. The van der Waals surface area contributed by atoms with Crippen molar-refractivity contribution >= 4 is 11.0 Å². The lowest BCUT2D eigenvalue weighted by molar-refractivity contribution is 0.350. The van der Waals surface area contributed by atoms with Crippen molar-refractivity contribution in [2.45, 2.75) is 33.7 Å². The Morgan fingerprint density at radius 2 is 2.00 bits per heavy atom. The molecule has 0 bridgehead atoms. The first-order valence-electron chi connectivity index (χ1n) is 6.88. The molecule has 1 N–H and O–H groups in total. The first kappa shape index (κ1) is 13.9. The van der Waals surface area contributed by atoms with Crippen LogP contribution in [0.5, 0.6) is 5.75 Å². The normalized spacial score (nSPS) is 13.2. The molecular weight excluding hydrogens is 238 g/mol. The van der Waals surface area contributed by atoms with Crippen LogP contribution in [0, 0.1) is 12.8 Å². The molecule has 2 rings (SSSR count). The van der Waals surface area contributed by atoms with Crippen LogP contribution >= 0.6 is 0 Å². The van der Waals surface area contributed by atoms with E-state index in [1.165, 1.54) is 5.56 Å². The Bertz CT molecular complexity index is 557. The lowest BCUT2D eigenvalue weighted by Crippen LogP contribution is -2.24. The summed E-state index contributed by atoms with van der Waals surface area (Å²) in [4.78, 5) is 0. The highest BCUT2D eigenvalue weighted by molar-refractivity contribution is 5.84. The second kappa shape index (κ2) is 5.66. The van der Waals surface area contributed by atoms with Gasteiger partial charge in [0, 0.05) is 5.39 Å². The van der Waals surface area contributed by atoms with Crippen molar-refractivity contribution in [2.75, 3.05) is 13.7 Å². The van der Waals surface area contributed by atoms with Crippen molar-refractivity contribution < 1.29 is 9.15 Å². The quantitative estimate of drug-likeness (QED) is 0.881. The fourth-order valence-corrected chi connectivity index (χ4v) is 2.47. The van der Waals surface area contributed by atoms with E-state index in [0.717, 1.165) is 29.0 Å². The van der Waals surface area contributed by atoms with Gasteiger partial charge >= 0.3 is 0 Å². The predicted molar refractivity (Wildman–Crippen MR) is 78.8 cm³/mol. The van der Waals surface area contributed by atoms with E-state index in [9.17, 15) is 0 Å². The van der Waals surface area contributed by atoms with Crippen LogP contribution in [0.15, 0.2) is 22.6 Å². The van der Waals surface area contributed by atoms with Gasteiger partial charge in [-0.3, -0.25) is 0 Å². The van der Waals surface area contributed by atoms with E-state index in [0.29, 0.717) is 5.92 Å². The van der Waals surface area contributed by atoms with Crippen molar-refractivity contribution in [3.05, 3.63) is 29.5 Å². The summed E-state index contributed by atoms with van der Waals surface area (Å²) in [6, 6.07) is 6.50. The number of ether oxygens (including phenoxy) is 1. The fourth-order valence-electron chi connectivity index (χ4n) is 2.47. The van der Waals surface area contributed by atoms with E-state index >= 15 is 0 Å². The topological polar surface area (TPSA) is 34.4 Å². The Balaban J connectivity index is 2.50. The molecule has 104 valence electrons. The van der Waals surface area contributed by atoms with Gasteiger partial charge in [-0.2, -0.15) is 0 Å². The van der Waals surface area contributed by atoms with Gasteiger partial charge in [0.05, 0.1) is 13.2 Å². The van der Waals surface area contributed by atoms with Crippen LogP contribution < -0.4 is 10.1 Å². The van der Waals surface area contributed by atoms with Crippen molar-refractivity contribution in [2.24, 2.45) is 5.92 Å². The third kappa shape index (κ3) is 2.76. The first-order chi connectivity index (χ1) is 9.06. The molecule has 1 atom stereocenters. The van der Waals surface area contributed by atoms with Crippen molar-refractivity contribution in [3.8, 4) is 5.75 Å². The smallest absolute Gasteiger partial charge is 0.176 e. The second-order valence-corrected chi connectivity index (χ2v) is 5.31. The summed E-state index contributed by atoms with van der Waals surface area (Å²) in [6.07, 6.45) is 0. The standard InChI is InChI=1S/C16H23NO2/c1-6-17-15(10(2)3)13-9-12-7-11(4)8-14(18-5)16(12)19-13/h7-10,15,17H,6H2,1-5H3. The van der Waals surface area contributed by atoms with Crippen molar-refractivity contribution in [3.63, 3.8) is 0 Å². The molecule has 0 amide bonds. The fraction of sp³-hybridized carbons (Fsp3) is 0.500. The van der Waals surface area contributed by atoms with Gasteiger partial charge in [-0.05, 0) is 43.1 Å². The van der Waals surface area contributed by atoms with Crippen LogP contribution in [-0.2, 0) is 0 Å². The SMILES string of the molecule is CCNC(c1cc2cc(C)cc(OC)c2o1)C(C)C. The molecule has 2 aromatic rings. The summed E-state index contributed by atoms with van der Waals surface area (Å²) in [5.74, 6) is 2.27. The van der Waals surface area contributed by atoms with Crippen LogP contribution in [0.3, 0.4) is 0 Å². The Labute approximate surface area is 114 Å². The molecule has 0 radical (unpaired) electrons. The van der Waals surface area contributed by atoms with Gasteiger partial charge in [0.2, 0.25) is 0 Å². The predicted octanol–water partition coefficient (Wildman–Crippen LogP) is 4.06. The van der Waals surface area contributed by atoms with Gasteiger partial charge in [0.1, 0.15) is 5.76 Å². The summed E-state index contributed by atoms with van der Waals surface area (Å²) in [5, 5.41) is 4.58. The average molecular weight is 261 g/mol. The van der Waals surface area contributed by atoms with Crippen molar-refractivity contribution in [1.82, 2.24) is 5.32 Å². The number of rotatable bonds is 5. The average Bonchev–Trinajstić information content (AvgIpc) is 2.77. The van der Waals surface area contributed by atoms with Crippen LogP contribution in [-0.4, -0.2) is 13.7 Å². The third-order valence-corrected chi connectivity index (χ3v) is 3.36. The van der Waals surface area contributed by atoms with E-state index in [1.807, 2.05) is 6.07 Å². The summed E-state index contributed by atoms with van der Waals surface area (Å²) in [7, 11) is 1.68. The van der Waals surface area contributed by atoms with Gasteiger partial charge in [-0.25, -0.2) is 0 Å². The third-order valence-electron chi connectivity index (χ3n) is 3.36. The largest absolute Gasteiger partial charge is 0.493 e. The molecule has 1 heterocycles. The van der Waals surface area contributed by atoms with Gasteiger partial charge in [0.25, 0.3) is 0 Å². The zero-order valence-electron chi connectivity index (χ0n) is 12.4. The van der Waals surface area contributed by atoms with Crippen molar-refractivity contribution in [1.29, 1.82) is 0 Å². The zero-order valence-corrected chi connectivity index (χ0v) is 12.4. The minimum Gasteiger partial charge on any atom is -0.493 e. The number of hydrogen-bond acceptors (Lipinski definition) is 3. The Kier molecular flexibility index (Phi) is 4.15. The Hall–Kier alpha value is -1.48. The van der Waals surface area contributed by atoms with Gasteiger partial charge in [0.15, 0.2) is 11.3 Å². The second-order valence-electron chi connectivity index (χ2n) is 5.31. The van der Waals surface area contributed by atoms with Crippen LogP contribution in [0.1, 0.15) is 38.1 Å². The number of fused-ring (bicyclic) bond motifs is 1. The summed E-state index contributed by atoms with van der Waals surface area (Å²) in [5.41, 5.74) is 2.02. The molecule has 0 fully saturated rings. The molecule has 0 saturated heterocycles. The van der Waals surface area contributed by atoms with E-state index < -0.39 is 0 Å². The lowest BCUT2D eigenvalue weighted by atomic mass is 10.0. The van der Waals surface area contributed by atoms with E-state index in [4.69, 9.17) is 9.15 Å². The molecular formula is C16H23NO2. The lowest BCUT2D eigenvalue weighted by Gasteiger charge is -2.19. The molecule has 1 aromatic carbocycles. The number of nitrogens with one attached hydrogen (secondary N) is 1. The summed E-state index contributed by atoms with van der Waals surface area (Å²) < 4.78 is 11.4. The van der Waals surface area contributed by atoms with E-state index in [1.54, 1.807) is 7.11 Å². The van der Waals surface area contributed by atoms with Crippen LogP contribution in [0.4, 0.5) is 0 Å². The van der Waals surface area contributed by atoms with E-state index in [-0.39, 0.29) is 6.04 Å². The maximum absolute atomic E-state index is 6.03. The summed E-state index contributed by atoms with van der Waals surface area (Å²) >= 11 is 0. The van der Waals surface area contributed by atoms with Crippen LogP contribution in [0.25, 0.3) is 11.0 Å². The number of methoxy groups -OCH3 is 1. The number of aryl methyl sites for hydroxylation is 1. The zero-order chi connectivity index (χ0) is 14.0. The summed E-state index contributed by atoms with van der Waals surface area (Å²) in [6.45, 7) is 9.50. The van der Waals surface area contributed by atoms with E-state index in [2.05, 4.69) is 45.1 Å². The molecule has 0 spiro atoms. The molecule has 1 aromatic heterocycles. The molecule has 0 aliphatic rings. The minimum absolute atomic E-state index is 0.238. The van der Waals surface area contributed by atoms with Crippen LogP contribution in [0.2, 0.25) is 0 Å². The monoisotopic (exact) mass is 261 g/mol. The number of furan rings is 1. The molecule has 3 heteroatoms. The number of benzene rings is 1. The maximum atomic E-state index is 6.03. The molecule has 0 aliphatic heterocycles. The van der Waals surface area contributed by atoms with Gasteiger partial charge < -0.3 is 14.5 Å². The Morgan fingerprint density at radius 1 is 1.26 bits per heavy atom. The molecule has 1 unspecified atom stereocenters. The highest BCUT2D eigenvalue weighted by atomic mass is 16.5. The minimum atomic E-state index is 0.238. The maximum Gasteiger partial charge on any atom is 0.176 e. The number of hydrogen-bond donors (Lipinski definition) is 1. The first-order valence-corrected chi connectivity index (χ1v) is 6.88. The molecule has 0 saturated carbocycles. The highest BCUT2D eigenvalue weighted by Gasteiger charge is 2.20. The molecule has 19 heavy (non-hydrogen) atoms. The highest BCUT2D eigenvalue weighted by Crippen LogP contribution is 2.34.